The average Bonchev–Trinajstić information content (AvgIpc) is 2.40. The number of hydrogen-bond acceptors (Lipinski definition) is 4. The number of nitrogens with one attached hydrogen (secondary N) is 1. The number of hydrogen-bond donors (Lipinski definition) is 2. The molecule has 2 amide bonds. The van der Waals surface area contributed by atoms with E-state index in [1.54, 1.807) is 4.90 Å². The molecular weight excluding hydrogens is 236 g/mol. The zero-order valence-electron chi connectivity index (χ0n) is 10.7. The van der Waals surface area contributed by atoms with Crippen LogP contribution in [0.5, 0.6) is 0 Å². The molecule has 0 unspecified atom stereocenters. The Balaban J connectivity index is 2.05. The van der Waals surface area contributed by atoms with E-state index < -0.39 is 0 Å². The van der Waals surface area contributed by atoms with Gasteiger partial charge in [-0.2, -0.15) is 0 Å². The Morgan fingerprint density at radius 3 is 2.56 bits per heavy atom. The predicted molar refractivity (Wildman–Crippen MR) is 66.0 cm³/mol. The van der Waals surface area contributed by atoms with Crippen LogP contribution in [0.25, 0.3) is 0 Å². The van der Waals surface area contributed by atoms with Crippen LogP contribution in [-0.4, -0.2) is 61.3 Å². The number of nitrogens with zero attached hydrogens (tertiary/aromatic N) is 1. The van der Waals surface area contributed by atoms with Crippen LogP contribution < -0.4 is 5.32 Å². The molecule has 6 heteroatoms. The number of unbranched alkanes of at least 4 members (excludes halogenated alkanes) is 1. The average molecular weight is 258 g/mol. The molecule has 1 saturated heterocycles. The van der Waals surface area contributed by atoms with E-state index in [4.69, 9.17) is 9.84 Å². The molecule has 1 rings (SSSR count). The highest BCUT2D eigenvalue weighted by molar-refractivity contribution is 5.79. The molecule has 0 aromatic rings. The maximum atomic E-state index is 11.7. The van der Waals surface area contributed by atoms with Gasteiger partial charge in [-0.15, -0.1) is 0 Å². The van der Waals surface area contributed by atoms with Crippen molar-refractivity contribution in [1.29, 1.82) is 0 Å². The Hall–Kier alpha value is -1.14. The van der Waals surface area contributed by atoms with Gasteiger partial charge in [0.15, 0.2) is 0 Å². The Morgan fingerprint density at radius 2 is 1.89 bits per heavy atom. The smallest absolute Gasteiger partial charge is 0.224 e. The van der Waals surface area contributed by atoms with Crippen LogP contribution in [0.4, 0.5) is 0 Å². The standard InChI is InChI=1S/C12H22N2O4/c15-8-2-1-3-11(16)13-5-4-12(17)14-6-9-18-10-7-14/h15H,1-10H2,(H,13,16). The van der Waals surface area contributed by atoms with Crippen molar-refractivity contribution in [3.05, 3.63) is 0 Å². The lowest BCUT2D eigenvalue weighted by Gasteiger charge is -2.26. The highest BCUT2D eigenvalue weighted by Crippen LogP contribution is 2.00. The number of carbonyl (C=O) groups excluding carboxylic acids is 2. The van der Waals surface area contributed by atoms with Gasteiger partial charge in [0.1, 0.15) is 0 Å². The van der Waals surface area contributed by atoms with E-state index in [2.05, 4.69) is 5.32 Å². The molecule has 0 aromatic heterocycles. The second kappa shape index (κ2) is 8.88. The number of aliphatic hydroxyl groups is 1. The van der Waals surface area contributed by atoms with Crippen LogP contribution in [0.15, 0.2) is 0 Å². The van der Waals surface area contributed by atoms with Gasteiger partial charge in [-0.25, -0.2) is 0 Å². The zero-order valence-corrected chi connectivity index (χ0v) is 10.7. The molecule has 1 aliphatic rings. The predicted octanol–water partition coefficient (Wildman–Crippen LogP) is -0.486. The molecule has 104 valence electrons. The van der Waals surface area contributed by atoms with Gasteiger partial charge in [0.05, 0.1) is 13.2 Å². The largest absolute Gasteiger partial charge is 0.396 e. The van der Waals surface area contributed by atoms with Crippen LogP contribution in [-0.2, 0) is 14.3 Å². The van der Waals surface area contributed by atoms with Crippen LogP contribution in [0.1, 0.15) is 25.7 Å². The molecule has 0 atom stereocenters. The van der Waals surface area contributed by atoms with Crippen molar-refractivity contribution < 1.29 is 19.4 Å². The van der Waals surface area contributed by atoms with Crippen molar-refractivity contribution in [2.45, 2.75) is 25.7 Å². The molecule has 0 spiro atoms. The molecule has 0 bridgehead atoms. The van der Waals surface area contributed by atoms with Gasteiger partial charge in [-0.3, -0.25) is 9.59 Å². The molecular formula is C12H22N2O4. The fourth-order valence-electron chi connectivity index (χ4n) is 1.77. The first kappa shape index (κ1) is 14.9. The quantitative estimate of drug-likeness (QED) is 0.604. The number of carbonyl (C=O) groups is 2. The SMILES string of the molecule is O=C(CCCCO)NCCC(=O)N1CCOCC1. The van der Waals surface area contributed by atoms with Gasteiger partial charge in [-0.05, 0) is 12.8 Å². The summed E-state index contributed by atoms with van der Waals surface area (Å²) in [6.07, 6.45) is 2.07. The van der Waals surface area contributed by atoms with Crippen molar-refractivity contribution in [3.63, 3.8) is 0 Å². The molecule has 0 aromatic carbocycles. The molecule has 1 heterocycles. The first-order valence-corrected chi connectivity index (χ1v) is 6.47. The molecule has 1 aliphatic heterocycles. The third kappa shape index (κ3) is 5.97. The van der Waals surface area contributed by atoms with E-state index in [1.165, 1.54) is 0 Å². The summed E-state index contributed by atoms with van der Waals surface area (Å²) in [6, 6.07) is 0. The normalized spacial score (nSPS) is 15.5. The number of aliphatic hydroxyl groups excluding tert-OH is 1. The van der Waals surface area contributed by atoms with Crippen molar-refractivity contribution >= 4 is 11.8 Å². The van der Waals surface area contributed by atoms with E-state index in [1.807, 2.05) is 0 Å². The number of morpholine rings is 1. The highest BCUT2D eigenvalue weighted by atomic mass is 16.5. The van der Waals surface area contributed by atoms with Crippen molar-refractivity contribution in [3.8, 4) is 0 Å². The van der Waals surface area contributed by atoms with E-state index in [0.717, 1.165) is 0 Å². The first-order chi connectivity index (χ1) is 8.74. The summed E-state index contributed by atoms with van der Waals surface area (Å²) >= 11 is 0. The summed E-state index contributed by atoms with van der Waals surface area (Å²) in [5, 5.41) is 11.3. The lowest BCUT2D eigenvalue weighted by molar-refractivity contribution is -0.135. The van der Waals surface area contributed by atoms with Gasteiger partial charge in [0.2, 0.25) is 11.8 Å². The summed E-state index contributed by atoms with van der Waals surface area (Å²) in [4.78, 5) is 24.8. The maximum Gasteiger partial charge on any atom is 0.224 e. The fourth-order valence-corrected chi connectivity index (χ4v) is 1.77. The third-order valence-electron chi connectivity index (χ3n) is 2.84. The molecule has 0 saturated carbocycles. The Morgan fingerprint density at radius 1 is 1.17 bits per heavy atom. The maximum absolute atomic E-state index is 11.7. The highest BCUT2D eigenvalue weighted by Gasteiger charge is 2.16. The summed E-state index contributed by atoms with van der Waals surface area (Å²) in [6.45, 7) is 2.97. The summed E-state index contributed by atoms with van der Waals surface area (Å²) in [5.41, 5.74) is 0. The topological polar surface area (TPSA) is 78.9 Å². The van der Waals surface area contributed by atoms with E-state index >= 15 is 0 Å². The van der Waals surface area contributed by atoms with Crippen molar-refractivity contribution in [2.75, 3.05) is 39.5 Å². The Bertz CT molecular complexity index is 265. The minimum atomic E-state index is -0.0572. The van der Waals surface area contributed by atoms with E-state index in [9.17, 15) is 9.59 Å². The minimum Gasteiger partial charge on any atom is -0.396 e. The molecule has 0 radical (unpaired) electrons. The first-order valence-electron chi connectivity index (χ1n) is 6.47. The Labute approximate surface area is 107 Å². The van der Waals surface area contributed by atoms with Gasteiger partial charge in [-0.1, -0.05) is 0 Å². The second-order valence-corrected chi connectivity index (χ2v) is 4.27. The van der Waals surface area contributed by atoms with Crippen LogP contribution in [0.2, 0.25) is 0 Å². The minimum absolute atomic E-state index is 0.0572. The second-order valence-electron chi connectivity index (χ2n) is 4.27. The van der Waals surface area contributed by atoms with Crippen LogP contribution >= 0.6 is 0 Å². The molecule has 0 aliphatic carbocycles. The Kier molecular flexibility index (Phi) is 7.36. The lowest BCUT2D eigenvalue weighted by atomic mass is 10.2. The number of ether oxygens (including phenoxy) is 1. The summed E-state index contributed by atoms with van der Waals surface area (Å²) in [5.74, 6) is 0.00665. The van der Waals surface area contributed by atoms with Gasteiger partial charge < -0.3 is 20.1 Å². The van der Waals surface area contributed by atoms with Crippen molar-refractivity contribution in [2.24, 2.45) is 0 Å². The summed E-state index contributed by atoms with van der Waals surface area (Å²) < 4.78 is 5.16. The third-order valence-corrected chi connectivity index (χ3v) is 2.84. The van der Waals surface area contributed by atoms with Gasteiger partial charge in [0, 0.05) is 39.1 Å². The number of amides is 2. The summed E-state index contributed by atoms with van der Waals surface area (Å²) in [7, 11) is 0. The number of rotatable bonds is 7. The van der Waals surface area contributed by atoms with Crippen molar-refractivity contribution in [1.82, 2.24) is 10.2 Å². The monoisotopic (exact) mass is 258 g/mol. The molecule has 1 fully saturated rings. The van der Waals surface area contributed by atoms with Gasteiger partial charge >= 0.3 is 0 Å². The molecule has 2 N–H and O–H groups in total. The van der Waals surface area contributed by atoms with E-state index in [0.29, 0.717) is 58.5 Å². The zero-order chi connectivity index (χ0) is 13.2. The molecule has 18 heavy (non-hydrogen) atoms. The van der Waals surface area contributed by atoms with Gasteiger partial charge in [0.25, 0.3) is 0 Å². The molecule has 6 nitrogen and oxygen atoms in total. The van der Waals surface area contributed by atoms with E-state index in [-0.39, 0.29) is 18.4 Å². The van der Waals surface area contributed by atoms with Crippen LogP contribution in [0.3, 0.4) is 0 Å². The lowest BCUT2D eigenvalue weighted by Crippen LogP contribution is -2.42. The van der Waals surface area contributed by atoms with Crippen LogP contribution in [0, 0.1) is 0 Å². The fraction of sp³-hybridized carbons (Fsp3) is 0.833.